The summed E-state index contributed by atoms with van der Waals surface area (Å²) in [6, 6.07) is 0.177. The smallest absolute Gasteiger partial charge is 0.0345 e. The van der Waals surface area contributed by atoms with E-state index >= 15 is 0 Å². The minimum Gasteiger partial charge on any atom is -0.0909 e. The molecule has 0 radical (unpaired) electrons. The zero-order chi connectivity index (χ0) is 10.6. The van der Waals surface area contributed by atoms with E-state index in [1.165, 1.54) is 44.9 Å². The van der Waals surface area contributed by atoms with Crippen molar-refractivity contribution in [2.75, 3.05) is 0 Å². The number of rotatable bonds is 9. The number of hydrogen-bond donors (Lipinski definition) is 0. The van der Waals surface area contributed by atoms with Crippen molar-refractivity contribution in [1.29, 1.82) is 0 Å². The molecular formula is C11H23N3. The van der Waals surface area contributed by atoms with Gasteiger partial charge in [-0.3, -0.25) is 0 Å². The fourth-order valence-electron chi connectivity index (χ4n) is 1.54. The maximum atomic E-state index is 8.19. The Morgan fingerprint density at radius 1 is 1.07 bits per heavy atom. The molecule has 82 valence electrons. The molecule has 0 aliphatic carbocycles. The van der Waals surface area contributed by atoms with Crippen molar-refractivity contribution >= 4 is 0 Å². The number of unbranched alkanes of at least 4 members (excludes halogenated alkanes) is 6. The molecule has 0 aliphatic rings. The van der Waals surface area contributed by atoms with Gasteiger partial charge in [-0.1, -0.05) is 63.9 Å². The molecule has 0 rings (SSSR count). The lowest BCUT2D eigenvalue weighted by Crippen LogP contribution is -1.95. The molecule has 3 nitrogen and oxygen atoms in total. The Morgan fingerprint density at radius 2 is 1.64 bits per heavy atom. The van der Waals surface area contributed by atoms with E-state index in [1.54, 1.807) is 0 Å². The summed E-state index contributed by atoms with van der Waals surface area (Å²) in [5.41, 5.74) is 8.19. The van der Waals surface area contributed by atoms with Gasteiger partial charge in [-0.05, 0) is 12.0 Å². The summed E-state index contributed by atoms with van der Waals surface area (Å²) in [6.45, 7) is 4.22. The van der Waals surface area contributed by atoms with E-state index in [4.69, 9.17) is 5.53 Å². The molecule has 0 saturated carbocycles. The average Bonchev–Trinajstić information content (AvgIpc) is 2.17. The van der Waals surface area contributed by atoms with Gasteiger partial charge in [0.05, 0.1) is 0 Å². The highest BCUT2D eigenvalue weighted by atomic mass is 15.1. The van der Waals surface area contributed by atoms with E-state index in [0.717, 1.165) is 6.42 Å². The molecule has 0 aromatic rings. The van der Waals surface area contributed by atoms with E-state index < -0.39 is 0 Å². The highest BCUT2D eigenvalue weighted by Gasteiger charge is 1.97. The number of hydrogen-bond acceptors (Lipinski definition) is 1. The van der Waals surface area contributed by atoms with Crippen LogP contribution in [0.3, 0.4) is 0 Å². The third-order valence-electron chi connectivity index (χ3n) is 2.47. The zero-order valence-electron chi connectivity index (χ0n) is 9.58. The van der Waals surface area contributed by atoms with Crippen LogP contribution in [0, 0.1) is 0 Å². The Balaban J connectivity index is 3.09. The van der Waals surface area contributed by atoms with E-state index in [2.05, 4.69) is 16.9 Å². The van der Waals surface area contributed by atoms with Crippen LogP contribution in [0.1, 0.15) is 65.2 Å². The maximum absolute atomic E-state index is 8.19. The molecule has 0 aliphatic heterocycles. The van der Waals surface area contributed by atoms with E-state index in [-0.39, 0.29) is 6.04 Å². The molecule has 1 unspecified atom stereocenters. The summed E-state index contributed by atoms with van der Waals surface area (Å²) in [4.78, 5) is 2.80. The Morgan fingerprint density at radius 3 is 2.21 bits per heavy atom. The van der Waals surface area contributed by atoms with Crippen molar-refractivity contribution in [3.05, 3.63) is 10.4 Å². The molecular weight excluding hydrogens is 174 g/mol. The van der Waals surface area contributed by atoms with Gasteiger partial charge < -0.3 is 0 Å². The monoisotopic (exact) mass is 197 g/mol. The minimum absolute atomic E-state index is 0.177. The first kappa shape index (κ1) is 13.3. The molecule has 0 N–H and O–H groups in total. The third kappa shape index (κ3) is 9.40. The van der Waals surface area contributed by atoms with Gasteiger partial charge in [0.25, 0.3) is 0 Å². The first-order chi connectivity index (χ1) is 6.81. The third-order valence-corrected chi connectivity index (χ3v) is 2.47. The van der Waals surface area contributed by atoms with Crippen LogP contribution in [0.15, 0.2) is 5.11 Å². The lowest BCUT2D eigenvalue weighted by Gasteiger charge is -2.03. The molecule has 0 spiro atoms. The molecule has 0 fully saturated rings. The standard InChI is InChI=1S/C11H23N3/c1-3-4-5-6-7-8-9-10-11(2)13-14-12/h11H,3-10H2,1-2H3. The predicted molar refractivity (Wildman–Crippen MR) is 61.2 cm³/mol. The van der Waals surface area contributed by atoms with Gasteiger partial charge in [-0.15, -0.1) is 0 Å². The van der Waals surface area contributed by atoms with Gasteiger partial charge >= 0.3 is 0 Å². The molecule has 0 heterocycles. The van der Waals surface area contributed by atoms with Gasteiger partial charge in [-0.25, -0.2) is 0 Å². The summed E-state index contributed by atoms with van der Waals surface area (Å²) in [5, 5.41) is 3.65. The highest BCUT2D eigenvalue weighted by molar-refractivity contribution is 4.60. The second-order valence-electron chi connectivity index (χ2n) is 3.96. The molecule has 0 amide bonds. The van der Waals surface area contributed by atoms with Gasteiger partial charge in [0, 0.05) is 11.0 Å². The largest absolute Gasteiger partial charge is 0.0909 e. The van der Waals surface area contributed by atoms with Crippen molar-refractivity contribution < 1.29 is 0 Å². The first-order valence-corrected chi connectivity index (χ1v) is 5.85. The number of azide groups is 1. The second kappa shape index (κ2) is 10.4. The average molecular weight is 197 g/mol. The summed E-state index contributed by atoms with van der Waals surface area (Å²) in [6.07, 6.45) is 10.3. The maximum Gasteiger partial charge on any atom is 0.0345 e. The molecule has 3 heteroatoms. The fraction of sp³-hybridized carbons (Fsp3) is 1.00. The SMILES string of the molecule is CCCCCCCCCC(C)N=[N+]=[N-]. The fourth-order valence-corrected chi connectivity index (χ4v) is 1.54. The van der Waals surface area contributed by atoms with Crippen molar-refractivity contribution in [2.45, 2.75) is 71.3 Å². The van der Waals surface area contributed by atoms with E-state index in [9.17, 15) is 0 Å². The summed E-state index contributed by atoms with van der Waals surface area (Å²) >= 11 is 0. The molecule has 0 aromatic carbocycles. The van der Waals surface area contributed by atoms with E-state index in [1.807, 2.05) is 6.92 Å². The normalized spacial score (nSPS) is 12.1. The Bertz CT molecular complexity index is 162. The Hall–Kier alpha value is -0.690. The summed E-state index contributed by atoms with van der Waals surface area (Å²) < 4.78 is 0. The highest BCUT2D eigenvalue weighted by Crippen LogP contribution is 2.10. The van der Waals surface area contributed by atoms with Crippen molar-refractivity contribution in [3.8, 4) is 0 Å². The van der Waals surface area contributed by atoms with Crippen LogP contribution in [-0.4, -0.2) is 6.04 Å². The quantitative estimate of drug-likeness (QED) is 0.220. The molecule has 0 aromatic heterocycles. The molecule has 0 saturated heterocycles. The molecule has 1 atom stereocenters. The second-order valence-corrected chi connectivity index (χ2v) is 3.96. The zero-order valence-corrected chi connectivity index (χ0v) is 9.58. The van der Waals surface area contributed by atoms with Crippen molar-refractivity contribution in [2.24, 2.45) is 5.11 Å². The van der Waals surface area contributed by atoms with Gasteiger partial charge in [0.2, 0.25) is 0 Å². The minimum atomic E-state index is 0.177. The van der Waals surface area contributed by atoms with Crippen LogP contribution in [0.4, 0.5) is 0 Å². The Kier molecular flexibility index (Phi) is 9.88. The topological polar surface area (TPSA) is 48.8 Å². The van der Waals surface area contributed by atoms with Crippen LogP contribution in [0.2, 0.25) is 0 Å². The van der Waals surface area contributed by atoms with E-state index in [0.29, 0.717) is 0 Å². The summed E-state index contributed by atoms with van der Waals surface area (Å²) in [7, 11) is 0. The van der Waals surface area contributed by atoms with Crippen LogP contribution in [0.5, 0.6) is 0 Å². The van der Waals surface area contributed by atoms with Crippen LogP contribution in [-0.2, 0) is 0 Å². The first-order valence-electron chi connectivity index (χ1n) is 5.85. The lowest BCUT2D eigenvalue weighted by atomic mass is 10.1. The Labute approximate surface area is 87.5 Å². The molecule has 14 heavy (non-hydrogen) atoms. The van der Waals surface area contributed by atoms with Crippen LogP contribution in [0.25, 0.3) is 10.4 Å². The number of nitrogens with zero attached hydrogens (tertiary/aromatic N) is 3. The predicted octanol–water partition coefficient (Wildman–Crippen LogP) is 4.83. The summed E-state index contributed by atoms with van der Waals surface area (Å²) in [5.74, 6) is 0. The van der Waals surface area contributed by atoms with Crippen LogP contribution >= 0.6 is 0 Å². The van der Waals surface area contributed by atoms with Crippen molar-refractivity contribution in [3.63, 3.8) is 0 Å². The van der Waals surface area contributed by atoms with Crippen molar-refractivity contribution in [1.82, 2.24) is 0 Å². The van der Waals surface area contributed by atoms with Gasteiger partial charge in [-0.2, -0.15) is 0 Å². The lowest BCUT2D eigenvalue weighted by molar-refractivity contribution is 0.546. The molecule has 0 bridgehead atoms. The van der Waals surface area contributed by atoms with Gasteiger partial charge in [0.15, 0.2) is 0 Å². The van der Waals surface area contributed by atoms with Gasteiger partial charge in [0.1, 0.15) is 0 Å². The van der Waals surface area contributed by atoms with Crippen LogP contribution < -0.4 is 0 Å².